The fourth-order valence-corrected chi connectivity index (χ4v) is 0.642. The topological polar surface area (TPSA) is 82.0 Å². The molecule has 0 aliphatic heterocycles. The Kier molecular flexibility index (Phi) is 28.2. The third-order valence-corrected chi connectivity index (χ3v) is 1.16. The molecule has 0 aliphatic rings. The zero-order valence-electron chi connectivity index (χ0n) is 6.84. The van der Waals surface area contributed by atoms with Crippen LogP contribution in [0.1, 0.15) is 25.7 Å². The van der Waals surface area contributed by atoms with Crippen LogP contribution in [0.15, 0.2) is 0 Å². The summed E-state index contributed by atoms with van der Waals surface area (Å²) in [6.45, 7) is 1.65. The molecule has 58 valence electrons. The summed E-state index contributed by atoms with van der Waals surface area (Å²) in [5, 5.41) is 0. The van der Waals surface area contributed by atoms with Crippen molar-refractivity contribution in [3.63, 3.8) is 0 Å². The first-order valence-electron chi connectivity index (χ1n) is 3.32. The maximum Gasteiger partial charge on any atom is 1.00 e. The minimum Gasteiger partial charge on any atom is -0.870 e. The number of hydrogen-bond donors (Lipinski definition) is 2. The Morgan fingerprint density at radius 3 is 1.20 bits per heavy atom. The number of hydrogen-bond acceptors (Lipinski definition) is 3. The van der Waals surface area contributed by atoms with Gasteiger partial charge in [0, 0.05) is 0 Å². The van der Waals surface area contributed by atoms with E-state index in [1.54, 1.807) is 0 Å². The maximum absolute atomic E-state index is 5.28. The smallest absolute Gasteiger partial charge is 0.870 e. The Morgan fingerprint density at radius 1 is 0.700 bits per heavy atom. The minimum absolute atomic E-state index is 0. The van der Waals surface area contributed by atoms with Crippen molar-refractivity contribution in [2.45, 2.75) is 25.7 Å². The first-order valence-corrected chi connectivity index (χ1v) is 3.32. The van der Waals surface area contributed by atoms with Crippen LogP contribution in [0, 0.1) is 0 Å². The summed E-state index contributed by atoms with van der Waals surface area (Å²) in [5.41, 5.74) is 10.6. The van der Waals surface area contributed by atoms with Gasteiger partial charge in [-0.2, -0.15) is 0 Å². The van der Waals surface area contributed by atoms with Crippen LogP contribution in [0.5, 0.6) is 0 Å². The zero-order chi connectivity index (χ0) is 6.24. The largest absolute Gasteiger partial charge is 1.00 e. The van der Waals surface area contributed by atoms with Gasteiger partial charge in [-0.3, -0.25) is 0 Å². The molecule has 0 rings (SSSR count). The van der Waals surface area contributed by atoms with Crippen molar-refractivity contribution in [2.75, 3.05) is 13.1 Å². The molecular formula is C6H17N2NaO. The predicted molar refractivity (Wildman–Crippen MR) is 38.5 cm³/mol. The van der Waals surface area contributed by atoms with Crippen molar-refractivity contribution in [2.24, 2.45) is 11.5 Å². The van der Waals surface area contributed by atoms with Crippen LogP contribution in [0.4, 0.5) is 0 Å². The summed E-state index contributed by atoms with van der Waals surface area (Å²) in [7, 11) is 0. The quantitative estimate of drug-likeness (QED) is 0.335. The summed E-state index contributed by atoms with van der Waals surface area (Å²) in [6, 6.07) is 0. The van der Waals surface area contributed by atoms with Gasteiger partial charge in [-0.25, -0.2) is 0 Å². The van der Waals surface area contributed by atoms with E-state index in [1.165, 1.54) is 12.8 Å². The van der Waals surface area contributed by atoms with Gasteiger partial charge in [0.2, 0.25) is 0 Å². The fraction of sp³-hybridized carbons (Fsp3) is 1.00. The normalized spacial score (nSPS) is 7.80. The molecule has 0 unspecified atom stereocenters. The van der Waals surface area contributed by atoms with E-state index in [4.69, 9.17) is 11.5 Å². The van der Waals surface area contributed by atoms with Crippen LogP contribution >= 0.6 is 0 Å². The second-order valence-electron chi connectivity index (χ2n) is 1.99. The van der Waals surface area contributed by atoms with E-state index >= 15 is 0 Å². The molecule has 0 aromatic rings. The average molecular weight is 156 g/mol. The molecule has 0 atom stereocenters. The summed E-state index contributed by atoms with van der Waals surface area (Å²) >= 11 is 0. The molecular weight excluding hydrogens is 139 g/mol. The Labute approximate surface area is 85.1 Å². The molecule has 4 heteroatoms. The van der Waals surface area contributed by atoms with E-state index in [1.807, 2.05) is 0 Å². The van der Waals surface area contributed by atoms with Crippen molar-refractivity contribution < 1.29 is 35.0 Å². The number of rotatable bonds is 5. The molecule has 0 saturated carbocycles. The molecule has 10 heavy (non-hydrogen) atoms. The summed E-state index contributed by atoms with van der Waals surface area (Å²) in [4.78, 5) is 0. The van der Waals surface area contributed by atoms with Gasteiger partial charge in [-0.1, -0.05) is 12.8 Å². The van der Waals surface area contributed by atoms with Gasteiger partial charge >= 0.3 is 29.6 Å². The minimum atomic E-state index is 0. The molecule has 0 aromatic carbocycles. The summed E-state index contributed by atoms with van der Waals surface area (Å²) < 4.78 is 0. The Balaban J connectivity index is -0.000000245. The van der Waals surface area contributed by atoms with Gasteiger partial charge in [0.25, 0.3) is 0 Å². The molecule has 0 fully saturated rings. The van der Waals surface area contributed by atoms with E-state index in [-0.39, 0.29) is 35.0 Å². The van der Waals surface area contributed by atoms with Crippen LogP contribution < -0.4 is 41.0 Å². The monoisotopic (exact) mass is 156 g/mol. The average Bonchev–Trinajstić information content (AvgIpc) is 1.81. The van der Waals surface area contributed by atoms with Crippen molar-refractivity contribution in [1.82, 2.24) is 0 Å². The van der Waals surface area contributed by atoms with Crippen molar-refractivity contribution in [3.8, 4) is 0 Å². The fourth-order valence-electron chi connectivity index (χ4n) is 0.642. The molecule has 0 heterocycles. The Morgan fingerprint density at radius 2 is 1.00 bits per heavy atom. The van der Waals surface area contributed by atoms with Gasteiger partial charge in [0.15, 0.2) is 0 Å². The standard InChI is InChI=1S/C6H16N2.Na.H2O/c7-5-3-1-2-4-6-8;;/h1-8H2;;1H2/q;+1;/p-1. The SMILES string of the molecule is NCCCCCCN.[Na+].[OH-]. The molecule has 0 spiro atoms. The summed E-state index contributed by atoms with van der Waals surface area (Å²) in [6.07, 6.45) is 4.79. The molecule has 0 saturated heterocycles. The van der Waals surface area contributed by atoms with E-state index < -0.39 is 0 Å². The van der Waals surface area contributed by atoms with E-state index in [0.717, 1.165) is 25.9 Å². The molecule has 0 radical (unpaired) electrons. The summed E-state index contributed by atoms with van der Waals surface area (Å²) in [5.74, 6) is 0. The Hall–Kier alpha value is 0.880. The van der Waals surface area contributed by atoms with Gasteiger partial charge in [0.05, 0.1) is 0 Å². The van der Waals surface area contributed by atoms with Crippen LogP contribution in [0.2, 0.25) is 0 Å². The van der Waals surface area contributed by atoms with Crippen LogP contribution in [-0.4, -0.2) is 18.6 Å². The Bertz CT molecular complexity index is 40.7. The van der Waals surface area contributed by atoms with Crippen molar-refractivity contribution >= 4 is 0 Å². The van der Waals surface area contributed by atoms with Gasteiger partial charge in [-0.05, 0) is 25.9 Å². The third kappa shape index (κ3) is 15.9. The van der Waals surface area contributed by atoms with Crippen LogP contribution in [0.3, 0.4) is 0 Å². The van der Waals surface area contributed by atoms with Crippen LogP contribution in [0.25, 0.3) is 0 Å². The first-order chi connectivity index (χ1) is 3.91. The molecule has 0 amide bonds. The molecule has 0 aromatic heterocycles. The van der Waals surface area contributed by atoms with Crippen LogP contribution in [-0.2, 0) is 0 Å². The van der Waals surface area contributed by atoms with E-state index in [2.05, 4.69) is 0 Å². The molecule has 5 N–H and O–H groups in total. The van der Waals surface area contributed by atoms with E-state index in [9.17, 15) is 0 Å². The zero-order valence-corrected chi connectivity index (χ0v) is 8.84. The second-order valence-corrected chi connectivity index (χ2v) is 1.99. The molecule has 0 aliphatic carbocycles. The number of nitrogens with two attached hydrogens (primary N) is 2. The van der Waals surface area contributed by atoms with Gasteiger partial charge in [-0.15, -0.1) is 0 Å². The van der Waals surface area contributed by atoms with E-state index in [0.29, 0.717) is 0 Å². The maximum atomic E-state index is 5.28. The van der Waals surface area contributed by atoms with Crippen molar-refractivity contribution in [1.29, 1.82) is 0 Å². The first kappa shape index (κ1) is 17.1. The van der Waals surface area contributed by atoms with Crippen molar-refractivity contribution in [3.05, 3.63) is 0 Å². The predicted octanol–water partition coefficient (Wildman–Crippen LogP) is -2.71. The van der Waals surface area contributed by atoms with Gasteiger partial charge in [0.1, 0.15) is 0 Å². The molecule has 0 bridgehead atoms. The third-order valence-electron chi connectivity index (χ3n) is 1.16. The van der Waals surface area contributed by atoms with Gasteiger partial charge < -0.3 is 16.9 Å². The number of unbranched alkanes of at least 4 members (excludes halogenated alkanes) is 3. The second kappa shape index (κ2) is 16.5. The molecule has 3 nitrogen and oxygen atoms in total.